The number of methoxy groups -OCH3 is 1. The minimum Gasteiger partial charge on any atom is -0.497 e. The van der Waals surface area contributed by atoms with Crippen molar-refractivity contribution in [1.82, 2.24) is 15.0 Å². The lowest BCUT2D eigenvalue weighted by molar-refractivity contribution is 0.0705. The number of ether oxygens (including phenoxy) is 1. The Bertz CT molecular complexity index is 1200. The topological polar surface area (TPSA) is 70.6 Å². The van der Waals surface area contributed by atoms with Gasteiger partial charge in [-0.25, -0.2) is 9.99 Å². The van der Waals surface area contributed by atoms with Crippen LogP contribution in [0.15, 0.2) is 84.0 Å². The molecule has 6 nitrogen and oxygen atoms in total. The number of nitrogens with zero attached hydrogens (tertiary/aromatic N) is 3. The fraction of sp³-hybridized carbons (Fsp3) is 0.125. The average molecular weight is 396 g/mol. The molecule has 0 bridgehead atoms. The molecule has 0 saturated carbocycles. The molecule has 1 aliphatic rings. The molecule has 2 heterocycles. The van der Waals surface area contributed by atoms with Crippen LogP contribution in [0.25, 0.3) is 11.0 Å². The van der Waals surface area contributed by atoms with E-state index < -0.39 is 0 Å². The summed E-state index contributed by atoms with van der Waals surface area (Å²) < 4.78 is 5.25. The van der Waals surface area contributed by atoms with Crippen molar-refractivity contribution in [3.05, 3.63) is 95.8 Å². The van der Waals surface area contributed by atoms with E-state index in [2.05, 4.69) is 4.98 Å². The number of nitrogens with one attached hydrogen (secondary N) is 1. The Morgan fingerprint density at radius 3 is 2.47 bits per heavy atom. The molecule has 6 heteroatoms. The molecule has 1 amide bonds. The summed E-state index contributed by atoms with van der Waals surface area (Å²) >= 11 is 0. The quantitative estimate of drug-likeness (QED) is 0.550. The van der Waals surface area contributed by atoms with E-state index >= 15 is 0 Å². The summed E-state index contributed by atoms with van der Waals surface area (Å²) in [5.74, 6) is 1.36. The maximum atomic E-state index is 13.3. The van der Waals surface area contributed by atoms with Crippen LogP contribution in [-0.4, -0.2) is 33.7 Å². The Kier molecular flexibility index (Phi) is 4.52. The predicted molar refractivity (Wildman–Crippen MR) is 116 cm³/mol. The molecule has 0 aliphatic carbocycles. The van der Waals surface area contributed by atoms with Gasteiger partial charge in [0.25, 0.3) is 5.91 Å². The number of fused-ring (bicyclic) bond motifs is 1. The maximum absolute atomic E-state index is 13.3. The first-order valence-corrected chi connectivity index (χ1v) is 9.78. The van der Waals surface area contributed by atoms with E-state index in [1.807, 2.05) is 66.7 Å². The van der Waals surface area contributed by atoms with Gasteiger partial charge in [-0.05, 0) is 54.1 Å². The number of hydrazone groups is 1. The van der Waals surface area contributed by atoms with E-state index in [1.165, 1.54) is 0 Å². The normalized spacial score (nSPS) is 16.0. The lowest BCUT2D eigenvalue weighted by Crippen LogP contribution is -2.27. The molecule has 30 heavy (non-hydrogen) atoms. The maximum Gasteiger partial charge on any atom is 0.274 e. The Balaban J connectivity index is 1.55. The predicted octanol–water partition coefficient (Wildman–Crippen LogP) is 4.56. The number of rotatable bonds is 4. The number of H-pyrrole nitrogens is 1. The summed E-state index contributed by atoms with van der Waals surface area (Å²) in [7, 11) is 1.64. The molecule has 0 fully saturated rings. The summed E-state index contributed by atoms with van der Waals surface area (Å²) in [5.41, 5.74) is 4.21. The zero-order valence-electron chi connectivity index (χ0n) is 16.4. The second-order valence-corrected chi connectivity index (χ2v) is 7.15. The fourth-order valence-corrected chi connectivity index (χ4v) is 3.71. The van der Waals surface area contributed by atoms with Gasteiger partial charge in [-0.15, -0.1) is 0 Å². The van der Waals surface area contributed by atoms with Crippen LogP contribution in [0.4, 0.5) is 0 Å². The van der Waals surface area contributed by atoms with Crippen LogP contribution in [0.1, 0.15) is 34.2 Å². The average Bonchev–Trinajstić information content (AvgIpc) is 3.44. The van der Waals surface area contributed by atoms with Crippen molar-refractivity contribution in [3.63, 3.8) is 0 Å². The minimum absolute atomic E-state index is 0.149. The van der Waals surface area contributed by atoms with Crippen LogP contribution in [0.5, 0.6) is 5.75 Å². The van der Waals surface area contributed by atoms with Crippen LogP contribution >= 0.6 is 0 Å². The summed E-state index contributed by atoms with van der Waals surface area (Å²) in [6, 6.07) is 24.5. The third-order valence-corrected chi connectivity index (χ3v) is 5.29. The fourth-order valence-electron chi connectivity index (χ4n) is 3.71. The molecule has 1 N–H and O–H groups in total. The van der Waals surface area contributed by atoms with Gasteiger partial charge in [-0.3, -0.25) is 4.79 Å². The molecule has 0 radical (unpaired) electrons. The first kappa shape index (κ1) is 18.1. The van der Waals surface area contributed by atoms with Gasteiger partial charge in [-0.1, -0.05) is 30.3 Å². The van der Waals surface area contributed by atoms with Crippen LogP contribution in [0.3, 0.4) is 0 Å². The van der Waals surface area contributed by atoms with Gasteiger partial charge < -0.3 is 9.72 Å². The van der Waals surface area contributed by atoms with Crippen molar-refractivity contribution in [1.29, 1.82) is 0 Å². The minimum atomic E-state index is -0.304. The monoisotopic (exact) mass is 396 g/mol. The number of benzene rings is 3. The van der Waals surface area contributed by atoms with E-state index in [1.54, 1.807) is 24.3 Å². The number of carbonyl (C=O) groups is 1. The van der Waals surface area contributed by atoms with Crippen LogP contribution in [-0.2, 0) is 0 Å². The van der Waals surface area contributed by atoms with E-state index in [9.17, 15) is 4.79 Å². The number of para-hydroxylation sites is 2. The highest BCUT2D eigenvalue weighted by Crippen LogP contribution is 2.33. The molecule has 3 aromatic carbocycles. The third kappa shape index (κ3) is 3.22. The van der Waals surface area contributed by atoms with Gasteiger partial charge in [0.15, 0.2) is 0 Å². The van der Waals surface area contributed by atoms with Crippen LogP contribution < -0.4 is 4.74 Å². The smallest absolute Gasteiger partial charge is 0.274 e. The molecule has 0 saturated heterocycles. The van der Waals surface area contributed by atoms with Gasteiger partial charge in [0.05, 0.1) is 23.9 Å². The first-order valence-electron chi connectivity index (χ1n) is 9.78. The van der Waals surface area contributed by atoms with E-state index in [0.717, 1.165) is 33.9 Å². The van der Waals surface area contributed by atoms with Crippen molar-refractivity contribution in [2.24, 2.45) is 5.10 Å². The summed E-state index contributed by atoms with van der Waals surface area (Å²) in [5, 5.41) is 6.27. The van der Waals surface area contributed by atoms with Crippen molar-refractivity contribution in [3.8, 4) is 5.75 Å². The number of imidazole rings is 1. The van der Waals surface area contributed by atoms with Gasteiger partial charge in [0, 0.05) is 12.0 Å². The molecular weight excluding hydrogens is 376 g/mol. The number of aromatic amines is 1. The van der Waals surface area contributed by atoms with Crippen molar-refractivity contribution >= 4 is 22.7 Å². The highest BCUT2D eigenvalue weighted by atomic mass is 16.5. The summed E-state index contributed by atoms with van der Waals surface area (Å²) in [6.07, 6.45) is 0.574. The Hall–Kier alpha value is -3.93. The molecular formula is C24H20N4O2. The lowest BCUT2D eigenvalue weighted by atomic mass is 10.0. The standard InChI is InChI=1S/C24H20N4O2/c1-30-18-13-11-16(12-14-18)21-15-22(23-25-19-9-5-6-10-20(19)26-23)28(27-21)24(29)17-7-3-2-4-8-17/h2-14,22H,15H2,1H3,(H,25,26)/t22-/m1/s1. The van der Waals surface area contributed by atoms with Crippen molar-refractivity contribution in [2.75, 3.05) is 7.11 Å². The first-order chi connectivity index (χ1) is 14.7. The Morgan fingerprint density at radius 2 is 1.73 bits per heavy atom. The number of hydrogen-bond donors (Lipinski definition) is 1. The van der Waals surface area contributed by atoms with Gasteiger partial charge in [0.1, 0.15) is 17.6 Å². The van der Waals surface area contributed by atoms with Crippen molar-refractivity contribution in [2.45, 2.75) is 12.5 Å². The number of carbonyl (C=O) groups excluding carboxylic acids is 1. The molecule has 0 spiro atoms. The third-order valence-electron chi connectivity index (χ3n) is 5.29. The molecule has 1 atom stereocenters. The van der Waals surface area contributed by atoms with Crippen LogP contribution in [0, 0.1) is 0 Å². The summed E-state index contributed by atoms with van der Waals surface area (Å²) in [4.78, 5) is 21.4. The molecule has 1 aromatic heterocycles. The van der Waals surface area contributed by atoms with E-state index in [4.69, 9.17) is 14.8 Å². The zero-order valence-corrected chi connectivity index (χ0v) is 16.4. The molecule has 148 valence electrons. The van der Waals surface area contributed by atoms with Crippen molar-refractivity contribution < 1.29 is 9.53 Å². The number of amides is 1. The highest BCUT2D eigenvalue weighted by Gasteiger charge is 2.35. The van der Waals surface area contributed by atoms with Gasteiger partial charge >= 0.3 is 0 Å². The molecule has 0 unspecified atom stereocenters. The number of hydrogen-bond acceptors (Lipinski definition) is 4. The second-order valence-electron chi connectivity index (χ2n) is 7.15. The molecule has 4 aromatic rings. The second kappa shape index (κ2) is 7.48. The summed E-state index contributed by atoms with van der Waals surface area (Å²) in [6.45, 7) is 0. The van der Waals surface area contributed by atoms with Crippen LogP contribution in [0.2, 0.25) is 0 Å². The zero-order chi connectivity index (χ0) is 20.5. The molecule has 5 rings (SSSR count). The molecule has 1 aliphatic heterocycles. The highest BCUT2D eigenvalue weighted by molar-refractivity contribution is 6.05. The SMILES string of the molecule is COc1ccc(C2=NN(C(=O)c3ccccc3)[C@@H](c3nc4ccccc4[nH]3)C2)cc1. The lowest BCUT2D eigenvalue weighted by Gasteiger charge is -2.19. The Labute approximate surface area is 173 Å². The van der Waals surface area contributed by atoms with E-state index in [0.29, 0.717) is 12.0 Å². The van der Waals surface area contributed by atoms with Gasteiger partial charge in [0.2, 0.25) is 0 Å². The Morgan fingerprint density at radius 1 is 1.00 bits per heavy atom. The number of aromatic nitrogens is 2. The van der Waals surface area contributed by atoms with E-state index in [-0.39, 0.29) is 11.9 Å². The largest absolute Gasteiger partial charge is 0.497 e. The van der Waals surface area contributed by atoms with Gasteiger partial charge in [-0.2, -0.15) is 5.10 Å².